The van der Waals surface area contributed by atoms with Crippen LogP contribution in [0, 0.1) is 26.9 Å². The van der Waals surface area contributed by atoms with E-state index in [-0.39, 0.29) is 22.5 Å². The Morgan fingerprint density at radius 2 is 2.44 bits per heavy atom. The Kier molecular flexibility index (Phi) is 3.12. The Labute approximate surface area is 103 Å². The number of hydrogen-bond donors (Lipinski definition) is 0. The van der Waals surface area contributed by atoms with E-state index in [1.54, 1.807) is 6.07 Å². The molecular weight excluding hydrogens is 238 g/mol. The molecule has 0 radical (unpaired) electrons. The first-order valence-corrected chi connectivity index (χ1v) is 5.29. The first-order valence-electron chi connectivity index (χ1n) is 5.29. The average molecular weight is 249 g/mol. The zero-order valence-electron chi connectivity index (χ0n) is 9.75. The van der Waals surface area contributed by atoms with Gasteiger partial charge in [0, 0.05) is 17.7 Å². The van der Waals surface area contributed by atoms with Crippen LogP contribution in [0.4, 0.5) is 5.69 Å². The number of aromatic nitrogens is 1. The van der Waals surface area contributed by atoms with E-state index in [4.69, 9.17) is 14.7 Å². The number of hydrogen-bond acceptors (Lipinski definition) is 6. The van der Waals surface area contributed by atoms with E-state index in [2.05, 4.69) is 4.98 Å². The van der Waals surface area contributed by atoms with Gasteiger partial charge in [0.2, 0.25) is 0 Å². The fourth-order valence-electron chi connectivity index (χ4n) is 1.52. The fourth-order valence-corrected chi connectivity index (χ4v) is 1.52. The molecule has 1 aliphatic rings. The number of nitriles is 1. The highest BCUT2D eigenvalue weighted by atomic mass is 16.6. The molecule has 0 aromatic carbocycles. The molecule has 1 aromatic heterocycles. The lowest BCUT2D eigenvalue weighted by Gasteiger charge is -2.37. The van der Waals surface area contributed by atoms with Crippen LogP contribution in [-0.2, 0) is 4.74 Å². The Hall–Kier alpha value is -2.20. The van der Waals surface area contributed by atoms with Crippen LogP contribution in [0.1, 0.15) is 12.5 Å². The zero-order valence-corrected chi connectivity index (χ0v) is 9.75. The van der Waals surface area contributed by atoms with Crippen LogP contribution in [0.5, 0.6) is 5.88 Å². The summed E-state index contributed by atoms with van der Waals surface area (Å²) in [6.45, 7) is 3.40. The van der Waals surface area contributed by atoms with Gasteiger partial charge < -0.3 is 9.47 Å². The first kappa shape index (κ1) is 12.3. The van der Waals surface area contributed by atoms with Crippen LogP contribution in [-0.4, -0.2) is 29.7 Å². The second-order valence-corrected chi connectivity index (χ2v) is 4.51. The minimum Gasteiger partial charge on any atom is -0.472 e. The molecule has 1 aliphatic heterocycles. The van der Waals surface area contributed by atoms with Gasteiger partial charge in [-0.3, -0.25) is 10.1 Å². The molecule has 1 fully saturated rings. The number of nitrogens with zero attached hydrogens (tertiary/aromatic N) is 3. The number of nitro groups is 1. The van der Waals surface area contributed by atoms with Crippen LogP contribution >= 0.6 is 0 Å². The van der Waals surface area contributed by atoms with Crippen molar-refractivity contribution in [1.82, 2.24) is 4.98 Å². The lowest BCUT2D eigenvalue weighted by atomic mass is 9.90. The van der Waals surface area contributed by atoms with E-state index in [9.17, 15) is 10.1 Å². The summed E-state index contributed by atoms with van der Waals surface area (Å²) in [6.07, 6.45) is 1.25. The molecule has 7 nitrogen and oxygen atoms in total. The van der Waals surface area contributed by atoms with Crippen molar-refractivity contribution in [2.45, 2.75) is 6.92 Å². The van der Waals surface area contributed by atoms with Crippen molar-refractivity contribution in [2.75, 3.05) is 19.8 Å². The van der Waals surface area contributed by atoms with E-state index in [1.165, 1.54) is 6.20 Å². The number of pyridine rings is 1. The molecule has 0 atom stereocenters. The van der Waals surface area contributed by atoms with Gasteiger partial charge in [0.1, 0.15) is 6.07 Å². The monoisotopic (exact) mass is 249 g/mol. The van der Waals surface area contributed by atoms with Crippen LogP contribution < -0.4 is 4.74 Å². The first-order chi connectivity index (χ1) is 8.54. The molecule has 7 heteroatoms. The highest BCUT2D eigenvalue weighted by Gasteiger charge is 2.35. The van der Waals surface area contributed by atoms with E-state index in [0.717, 1.165) is 6.07 Å². The normalized spacial score (nSPS) is 16.4. The zero-order chi connectivity index (χ0) is 13.2. The second-order valence-electron chi connectivity index (χ2n) is 4.51. The van der Waals surface area contributed by atoms with Crippen LogP contribution in [0.15, 0.2) is 12.3 Å². The molecular formula is C11H11N3O4. The van der Waals surface area contributed by atoms with Crippen molar-refractivity contribution in [3.8, 4) is 11.9 Å². The smallest absolute Gasteiger partial charge is 0.332 e. The molecule has 94 valence electrons. The predicted octanol–water partition coefficient (Wildman–Crippen LogP) is 1.28. The van der Waals surface area contributed by atoms with Gasteiger partial charge >= 0.3 is 5.69 Å². The quantitative estimate of drug-likeness (QED) is 0.588. The van der Waals surface area contributed by atoms with Gasteiger partial charge in [0.25, 0.3) is 5.88 Å². The molecule has 0 unspecified atom stereocenters. The summed E-state index contributed by atoms with van der Waals surface area (Å²) in [4.78, 5) is 14.0. The van der Waals surface area contributed by atoms with Gasteiger partial charge in [-0.05, 0) is 0 Å². The molecule has 0 saturated carbocycles. The Bertz CT molecular complexity index is 520. The Morgan fingerprint density at radius 3 is 2.94 bits per heavy atom. The number of rotatable bonds is 4. The van der Waals surface area contributed by atoms with Gasteiger partial charge in [-0.15, -0.1) is 0 Å². The SMILES string of the molecule is CC1(COc2ncc(C#N)cc2[N+](=O)[O-])COC1. The molecule has 1 saturated heterocycles. The summed E-state index contributed by atoms with van der Waals surface area (Å²) in [6, 6.07) is 2.96. The van der Waals surface area contributed by atoms with Gasteiger partial charge in [0.05, 0.1) is 30.3 Å². The van der Waals surface area contributed by atoms with Gasteiger partial charge in [0.15, 0.2) is 0 Å². The molecule has 0 aliphatic carbocycles. The van der Waals surface area contributed by atoms with Crippen molar-refractivity contribution in [1.29, 1.82) is 5.26 Å². The van der Waals surface area contributed by atoms with Crippen LogP contribution in [0.25, 0.3) is 0 Å². The van der Waals surface area contributed by atoms with Crippen molar-refractivity contribution < 1.29 is 14.4 Å². The van der Waals surface area contributed by atoms with E-state index < -0.39 is 4.92 Å². The molecule has 0 N–H and O–H groups in total. The maximum absolute atomic E-state index is 10.8. The molecule has 1 aromatic rings. The van der Waals surface area contributed by atoms with Gasteiger partial charge in [-0.25, -0.2) is 4.98 Å². The lowest BCUT2D eigenvalue weighted by Crippen LogP contribution is -2.44. The van der Waals surface area contributed by atoms with E-state index >= 15 is 0 Å². The highest BCUT2D eigenvalue weighted by Crippen LogP contribution is 2.30. The maximum atomic E-state index is 10.8. The molecule has 2 rings (SSSR count). The van der Waals surface area contributed by atoms with Crippen molar-refractivity contribution in [3.05, 3.63) is 27.9 Å². The van der Waals surface area contributed by atoms with Crippen molar-refractivity contribution >= 4 is 5.69 Å². The minimum atomic E-state index is -0.608. The summed E-state index contributed by atoms with van der Waals surface area (Å²) in [5.74, 6) is -0.0628. The number of ether oxygens (including phenoxy) is 2. The Morgan fingerprint density at radius 1 is 1.72 bits per heavy atom. The van der Waals surface area contributed by atoms with Crippen molar-refractivity contribution in [3.63, 3.8) is 0 Å². The standard InChI is InChI=1S/C11H11N3O4/c1-11(5-17-6-11)7-18-10-9(14(15)16)2-8(3-12)4-13-10/h2,4H,5-7H2,1H3. The van der Waals surface area contributed by atoms with Crippen LogP contribution in [0.3, 0.4) is 0 Å². The molecule has 18 heavy (non-hydrogen) atoms. The summed E-state index contributed by atoms with van der Waals surface area (Å²) >= 11 is 0. The second kappa shape index (κ2) is 4.58. The van der Waals surface area contributed by atoms with Gasteiger partial charge in [-0.1, -0.05) is 6.92 Å². The molecule has 0 amide bonds. The van der Waals surface area contributed by atoms with Crippen LogP contribution in [0.2, 0.25) is 0 Å². The molecule has 2 heterocycles. The fraction of sp³-hybridized carbons (Fsp3) is 0.455. The molecule has 0 spiro atoms. The largest absolute Gasteiger partial charge is 0.472 e. The minimum absolute atomic E-state index is 0.0628. The predicted molar refractivity (Wildman–Crippen MR) is 60.0 cm³/mol. The van der Waals surface area contributed by atoms with E-state index in [1.807, 2.05) is 6.92 Å². The summed E-state index contributed by atoms with van der Waals surface area (Å²) in [5, 5.41) is 19.5. The van der Waals surface area contributed by atoms with Crippen molar-refractivity contribution in [2.24, 2.45) is 5.41 Å². The Balaban J connectivity index is 2.16. The highest BCUT2D eigenvalue weighted by molar-refractivity contribution is 5.46. The lowest BCUT2D eigenvalue weighted by molar-refractivity contribution is -0.386. The topological polar surface area (TPSA) is 98.3 Å². The third-order valence-corrected chi connectivity index (χ3v) is 2.62. The van der Waals surface area contributed by atoms with Gasteiger partial charge in [-0.2, -0.15) is 5.26 Å². The van der Waals surface area contributed by atoms with E-state index in [0.29, 0.717) is 19.8 Å². The summed E-state index contributed by atoms with van der Waals surface area (Å²) < 4.78 is 10.4. The third kappa shape index (κ3) is 2.38. The summed E-state index contributed by atoms with van der Waals surface area (Å²) in [7, 11) is 0. The average Bonchev–Trinajstić information content (AvgIpc) is 2.33. The molecule has 0 bridgehead atoms. The summed E-state index contributed by atoms with van der Waals surface area (Å²) in [5.41, 5.74) is -0.283. The maximum Gasteiger partial charge on any atom is 0.332 e. The third-order valence-electron chi connectivity index (χ3n) is 2.62.